The molecule has 0 aliphatic carbocycles. The van der Waals surface area contributed by atoms with E-state index in [1.165, 1.54) is 0 Å². The second-order valence-corrected chi connectivity index (χ2v) is 0. The Morgan fingerprint density at radius 3 is 0.500 bits per heavy atom. The third-order valence-electron chi connectivity index (χ3n) is 0. The van der Waals surface area contributed by atoms with E-state index in [0.29, 0.717) is 0 Å². The second kappa shape index (κ2) is 71.1. The van der Waals surface area contributed by atoms with Crippen molar-refractivity contribution < 1.29 is 43.0 Å². The van der Waals surface area contributed by atoms with Crippen molar-refractivity contribution in [2.24, 2.45) is 0 Å². The summed E-state index contributed by atoms with van der Waals surface area (Å²) in [5, 5.41) is 0. The van der Waals surface area contributed by atoms with Gasteiger partial charge in [0.15, 0.2) is 0 Å². The summed E-state index contributed by atoms with van der Waals surface area (Å²) >= 11 is 0. The maximum absolute atomic E-state index is 0. The third kappa shape index (κ3) is 41.5. The molecule has 0 rings (SSSR count). The quantitative estimate of drug-likeness (QED) is 0.363. The normalized spacial score (nSPS) is 0. The average molecular weight is 208 g/mol. The van der Waals surface area contributed by atoms with Gasteiger partial charge in [-0.1, -0.05) is 0 Å². The molecule has 0 saturated heterocycles. The third-order valence-corrected chi connectivity index (χ3v) is 0. The minimum Gasteiger partial charge on any atom is -0.412 e. The molecule has 0 amide bonds. The first-order chi connectivity index (χ1) is 0. The van der Waals surface area contributed by atoms with Gasteiger partial charge in [0.25, 0.3) is 0 Å². The van der Waals surface area contributed by atoms with Crippen LogP contribution in [0.15, 0.2) is 0 Å². The van der Waals surface area contributed by atoms with Crippen molar-refractivity contribution in [3.63, 3.8) is 0 Å². The van der Waals surface area contributed by atoms with Gasteiger partial charge in [-0.15, -0.1) is 0 Å². The average Bonchev–Trinajstić information content (AvgIpc) is 0. The Balaban J connectivity index is 0. The summed E-state index contributed by atoms with van der Waals surface area (Å²) in [6, 6.07) is 0. The molecule has 6 heavy (non-hydrogen) atoms. The summed E-state index contributed by atoms with van der Waals surface area (Å²) in [5.74, 6) is 0. The van der Waals surface area contributed by atoms with Crippen LogP contribution >= 0.6 is 0 Å². The van der Waals surface area contributed by atoms with Crippen molar-refractivity contribution in [3.8, 4) is 0 Å². The van der Waals surface area contributed by atoms with Crippen LogP contribution in [0.2, 0.25) is 0 Å². The molecular weight excluding hydrogens is 200 g/mol. The van der Waals surface area contributed by atoms with E-state index in [1.807, 2.05) is 0 Å². The van der Waals surface area contributed by atoms with Crippen molar-refractivity contribution >= 4 is 37.7 Å². The molecular formula is H8CaMoO4. The van der Waals surface area contributed by atoms with Crippen molar-refractivity contribution in [1.29, 1.82) is 0 Å². The summed E-state index contributed by atoms with van der Waals surface area (Å²) in [6.45, 7) is 0. The van der Waals surface area contributed by atoms with Crippen LogP contribution in [-0.2, 0) is 21.1 Å². The minimum absolute atomic E-state index is 0. The SMILES string of the molecule is O.O.O.O.[Ca].[Mo]. The zero-order valence-electron chi connectivity index (χ0n) is 3.12. The minimum atomic E-state index is 0. The van der Waals surface area contributed by atoms with Crippen molar-refractivity contribution in [3.05, 3.63) is 0 Å². The second-order valence-electron chi connectivity index (χ2n) is 0. The molecule has 4 nitrogen and oxygen atoms in total. The Bertz CT molecular complexity index is 7.51. The summed E-state index contributed by atoms with van der Waals surface area (Å²) < 4.78 is 0. The molecule has 2 radical (unpaired) electrons. The van der Waals surface area contributed by atoms with Gasteiger partial charge in [-0.2, -0.15) is 0 Å². The summed E-state index contributed by atoms with van der Waals surface area (Å²) in [5.41, 5.74) is 0. The molecule has 0 bridgehead atoms. The van der Waals surface area contributed by atoms with Crippen molar-refractivity contribution in [2.45, 2.75) is 0 Å². The molecule has 0 atom stereocenters. The number of rotatable bonds is 0. The van der Waals surface area contributed by atoms with Crippen LogP contribution < -0.4 is 0 Å². The molecule has 6 heteroatoms. The fraction of sp³-hybridized carbons (Fsp3) is 0. The van der Waals surface area contributed by atoms with Crippen LogP contribution in [0.1, 0.15) is 0 Å². The molecule has 40 valence electrons. The van der Waals surface area contributed by atoms with Crippen LogP contribution in [0, 0.1) is 0 Å². The van der Waals surface area contributed by atoms with E-state index in [0.717, 1.165) is 0 Å². The van der Waals surface area contributed by atoms with Crippen LogP contribution in [0.3, 0.4) is 0 Å². The van der Waals surface area contributed by atoms with E-state index in [9.17, 15) is 0 Å². The van der Waals surface area contributed by atoms with E-state index >= 15 is 0 Å². The predicted octanol–water partition coefficient (Wildman–Crippen LogP) is -3.68. The van der Waals surface area contributed by atoms with Gasteiger partial charge in [-0.3, -0.25) is 0 Å². The van der Waals surface area contributed by atoms with E-state index < -0.39 is 0 Å². The van der Waals surface area contributed by atoms with Crippen molar-refractivity contribution in [2.75, 3.05) is 0 Å². The Hall–Kier alpha value is 1.79. The predicted molar refractivity (Wildman–Crippen MR) is 20.2 cm³/mol. The molecule has 0 fully saturated rings. The molecule has 0 saturated carbocycles. The van der Waals surface area contributed by atoms with Crippen LogP contribution in [0.25, 0.3) is 0 Å². The van der Waals surface area contributed by atoms with Crippen LogP contribution in [-0.4, -0.2) is 59.6 Å². The summed E-state index contributed by atoms with van der Waals surface area (Å²) in [4.78, 5) is 0. The summed E-state index contributed by atoms with van der Waals surface area (Å²) in [6.07, 6.45) is 0. The Kier molecular flexibility index (Phi) is 1330. The maximum atomic E-state index is 0. The molecule has 0 aromatic carbocycles. The van der Waals surface area contributed by atoms with Gasteiger partial charge in [0.1, 0.15) is 0 Å². The molecule has 0 aliphatic heterocycles. The topological polar surface area (TPSA) is 126 Å². The van der Waals surface area contributed by atoms with E-state index in [2.05, 4.69) is 0 Å². The van der Waals surface area contributed by atoms with Gasteiger partial charge >= 0.3 is 0 Å². The first-order valence-corrected chi connectivity index (χ1v) is 0. The Labute approximate surface area is 79.8 Å². The fourth-order valence-corrected chi connectivity index (χ4v) is 0. The Morgan fingerprint density at radius 1 is 0.500 bits per heavy atom. The zero-order chi connectivity index (χ0) is 0. The van der Waals surface area contributed by atoms with Crippen LogP contribution in [0.4, 0.5) is 0 Å². The smallest absolute Gasteiger partial charge is 0 e. The van der Waals surface area contributed by atoms with Gasteiger partial charge in [-0.05, 0) is 0 Å². The van der Waals surface area contributed by atoms with E-state index in [1.54, 1.807) is 0 Å². The maximum Gasteiger partial charge on any atom is 0 e. The zero-order valence-corrected chi connectivity index (χ0v) is 7.33. The molecule has 0 aromatic rings. The molecule has 0 unspecified atom stereocenters. The fourth-order valence-electron chi connectivity index (χ4n) is 0. The van der Waals surface area contributed by atoms with Gasteiger partial charge < -0.3 is 21.9 Å². The van der Waals surface area contributed by atoms with E-state index in [4.69, 9.17) is 0 Å². The van der Waals surface area contributed by atoms with Crippen molar-refractivity contribution in [1.82, 2.24) is 0 Å². The standard InChI is InChI=1S/Ca.Mo.4H2O/h;;4*1H2. The van der Waals surface area contributed by atoms with Gasteiger partial charge in [0, 0.05) is 58.8 Å². The first-order valence-electron chi connectivity index (χ1n) is 0. The monoisotopic (exact) mass is 210 g/mol. The van der Waals surface area contributed by atoms with Gasteiger partial charge in [0.05, 0.1) is 0 Å². The van der Waals surface area contributed by atoms with E-state index in [-0.39, 0.29) is 80.7 Å². The summed E-state index contributed by atoms with van der Waals surface area (Å²) in [7, 11) is 0. The molecule has 0 aromatic heterocycles. The number of hydrogen-bond donors (Lipinski definition) is 0. The largest absolute Gasteiger partial charge is 0.412 e. The van der Waals surface area contributed by atoms with Gasteiger partial charge in [-0.25, -0.2) is 0 Å². The van der Waals surface area contributed by atoms with Gasteiger partial charge in [0.2, 0.25) is 0 Å². The number of hydrogen-bond acceptors (Lipinski definition) is 0. The van der Waals surface area contributed by atoms with Crippen LogP contribution in [0.5, 0.6) is 0 Å². The molecule has 0 aliphatic rings. The Morgan fingerprint density at radius 2 is 0.500 bits per heavy atom. The molecule has 0 spiro atoms. The first kappa shape index (κ1) is 112. The molecule has 8 N–H and O–H groups in total. The molecule has 0 heterocycles.